The number of rotatable bonds is 4. The Hall–Kier alpha value is -3.21. The predicted octanol–water partition coefficient (Wildman–Crippen LogP) is -0.0544. The number of aromatic nitrogens is 4. The highest BCUT2D eigenvalue weighted by Gasteiger charge is 2.40. The summed E-state index contributed by atoms with van der Waals surface area (Å²) >= 11 is 0. The summed E-state index contributed by atoms with van der Waals surface area (Å²) in [4.78, 5) is 52.8. The smallest absolute Gasteiger partial charge is 0.419 e. The number of aryl methyl sites for hydroxylation is 1. The summed E-state index contributed by atoms with van der Waals surface area (Å²) < 4.78 is 18.5. The predicted molar refractivity (Wildman–Crippen MR) is 89.1 cm³/mol. The third-order valence-electron chi connectivity index (χ3n) is 4.04. The maximum Gasteiger partial charge on any atom is 0.419 e. The molecule has 1 fully saturated rings. The zero-order valence-electron chi connectivity index (χ0n) is 14.7. The average molecular weight is 378 g/mol. The fourth-order valence-corrected chi connectivity index (χ4v) is 2.75. The Morgan fingerprint density at radius 3 is 2.85 bits per heavy atom. The molecular weight excluding hydrogens is 360 g/mol. The molecule has 0 unspecified atom stereocenters. The standard InChI is InChI=1S/C16H18N4O7/c1-9-6-20(15(23)18-14(9)22)13-5-11(26-10(2)21)12(27-13)7-25-16(24)19-4-3-17-8-19/h3-4,6,8,11-13H,5,7H2,1-2H3,(H,18,22,23)/t11-,12+,13+/m0/s1. The van der Waals surface area contributed by atoms with Gasteiger partial charge in [0.2, 0.25) is 0 Å². The van der Waals surface area contributed by atoms with E-state index in [1.807, 2.05) is 0 Å². The number of ether oxygens (including phenoxy) is 3. The van der Waals surface area contributed by atoms with E-state index in [0.29, 0.717) is 5.56 Å². The summed E-state index contributed by atoms with van der Waals surface area (Å²) in [7, 11) is 0. The Morgan fingerprint density at radius 1 is 1.41 bits per heavy atom. The van der Waals surface area contributed by atoms with Crippen molar-refractivity contribution in [1.82, 2.24) is 19.1 Å². The minimum absolute atomic E-state index is 0.165. The molecule has 0 amide bonds. The van der Waals surface area contributed by atoms with Crippen molar-refractivity contribution in [1.29, 1.82) is 0 Å². The van der Waals surface area contributed by atoms with Crippen molar-refractivity contribution in [3.05, 3.63) is 51.3 Å². The van der Waals surface area contributed by atoms with E-state index in [2.05, 4.69) is 9.97 Å². The second-order valence-electron chi connectivity index (χ2n) is 6.04. The topological polar surface area (TPSA) is 135 Å². The molecule has 3 atom stereocenters. The van der Waals surface area contributed by atoms with E-state index < -0.39 is 41.7 Å². The number of aromatic amines is 1. The van der Waals surface area contributed by atoms with Gasteiger partial charge in [-0.3, -0.25) is 19.1 Å². The lowest BCUT2D eigenvalue weighted by atomic mass is 10.2. The monoisotopic (exact) mass is 378 g/mol. The van der Waals surface area contributed by atoms with Gasteiger partial charge in [-0.05, 0) is 6.92 Å². The van der Waals surface area contributed by atoms with Crippen molar-refractivity contribution in [2.45, 2.75) is 38.7 Å². The van der Waals surface area contributed by atoms with Crippen LogP contribution in [0.3, 0.4) is 0 Å². The van der Waals surface area contributed by atoms with Gasteiger partial charge in [0.05, 0.1) is 0 Å². The Labute approximate surface area is 152 Å². The van der Waals surface area contributed by atoms with E-state index in [4.69, 9.17) is 14.2 Å². The molecule has 0 saturated carbocycles. The summed E-state index contributed by atoms with van der Waals surface area (Å²) in [6.45, 7) is 2.61. The number of carbonyl (C=O) groups is 2. The fraction of sp³-hybridized carbons (Fsp3) is 0.438. The highest BCUT2D eigenvalue weighted by Crippen LogP contribution is 2.30. The molecule has 1 saturated heterocycles. The summed E-state index contributed by atoms with van der Waals surface area (Å²) in [6.07, 6.45) is 2.73. The molecule has 0 spiro atoms. The van der Waals surface area contributed by atoms with Gasteiger partial charge >= 0.3 is 17.8 Å². The third kappa shape index (κ3) is 4.14. The van der Waals surface area contributed by atoms with E-state index in [-0.39, 0.29) is 13.0 Å². The van der Waals surface area contributed by atoms with E-state index in [1.54, 1.807) is 6.92 Å². The molecule has 1 N–H and O–H groups in total. The maximum absolute atomic E-state index is 12.1. The van der Waals surface area contributed by atoms with Gasteiger partial charge in [0.15, 0.2) is 0 Å². The number of H-pyrrole nitrogens is 1. The summed E-state index contributed by atoms with van der Waals surface area (Å²) in [5.74, 6) is -0.528. The van der Waals surface area contributed by atoms with Crippen LogP contribution in [0.25, 0.3) is 0 Å². The molecule has 0 radical (unpaired) electrons. The van der Waals surface area contributed by atoms with Gasteiger partial charge in [-0.15, -0.1) is 0 Å². The zero-order chi connectivity index (χ0) is 19.6. The van der Waals surface area contributed by atoms with E-state index >= 15 is 0 Å². The highest BCUT2D eigenvalue weighted by molar-refractivity contribution is 5.70. The Morgan fingerprint density at radius 2 is 2.19 bits per heavy atom. The number of hydrogen-bond acceptors (Lipinski definition) is 8. The first kappa shape index (κ1) is 18.6. The lowest BCUT2D eigenvalue weighted by Crippen LogP contribution is -2.33. The molecule has 27 heavy (non-hydrogen) atoms. The van der Waals surface area contributed by atoms with Gasteiger partial charge in [0.25, 0.3) is 5.56 Å². The Bertz CT molecular complexity index is 946. The second kappa shape index (κ2) is 7.58. The van der Waals surface area contributed by atoms with Gasteiger partial charge in [-0.25, -0.2) is 19.1 Å². The maximum atomic E-state index is 12.1. The first-order chi connectivity index (χ1) is 12.8. The number of nitrogens with zero attached hydrogens (tertiary/aromatic N) is 3. The van der Waals surface area contributed by atoms with Crippen LogP contribution in [0.15, 0.2) is 34.5 Å². The molecule has 2 aromatic heterocycles. The van der Waals surface area contributed by atoms with Gasteiger partial charge in [-0.2, -0.15) is 0 Å². The summed E-state index contributed by atoms with van der Waals surface area (Å²) in [6, 6.07) is 0. The lowest BCUT2D eigenvalue weighted by molar-refractivity contribution is -0.150. The fourth-order valence-electron chi connectivity index (χ4n) is 2.75. The Kier molecular flexibility index (Phi) is 5.21. The molecule has 0 bridgehead atoms. The first-order valence-corrected chi connectivity index (χ1v) is 8.15. The van der Waals surface area contributed by atoms with Crippen molar-refractivity contribution in [2.24, 2.45) is 0 Å². The molecular formula is C16H18N4O7. The summed E-state index contributed by atoms with van der Waals surface area (Å²) in [5.41, 5.74) is -0.804. The van der Waals surface area contributed by atoms with Crippen molar-refractivity contribution in [3.8, 4) is 0 Å². The number of hydrogen-bond donors (Lipinski definition) is 1. The quantitative estimate of drug-likeness (QED) is 0.732. The van der Waals surface area contributed by atoms with Crippen LogP contribution in [0.5, 0.6) is 0 Å². The van der Waals surface area contributed by atoms with Crippen LogP contribution in [0.2, 0.25) is 0 Å². The lowest BCUT2D eigenvalue weighted by Gasteiger charge is -2.18. The van der Waals surface area contributed by atoms with Crippen molar-refractivity contribution < 1.29 is 23.8 Å². The average Bonchev–Trinajstić information content (AvgIpc) is 3.26. The van der Waals surface area contributed by atoms with Crippen LogP contribution in [-0.4, -0.2) is 50.0 Å². The summed E-state index contributed by atoms with van der Waals surface area (Å²) in [5, 5.41) is 0. The molecule has 0 aliphatic carbocycles. The molecule has 144 valence electrons. The van der Waals surface area contributed by atoms with Crippen molar-refractivity contribution >= 4 is 12.1 Å². The van der Waals surface area contributed by atoms with Gasteiger partial charge < -0.3 is 14.2 Å². The minimum atomic E-state index is -0.783. The molecule has 1 aliphatic heterocycles. The number of esters is 1. The molecule has 0 aromatic carbocycles. The Balaban J connectivity index is 1.75. The molecule has 1 aliphatic rings. The zero-order valence-corrected chi connectivity index (χ0v) is 14.7. The van der Waals surface area contributed by atoms with E-state index in [0.717, 1.165) is 4.57 Å². The van der Waals surface area contributed by atoms with Gasteiger partial charge in [0, 0.05) is 37.5 Å². The molecule has 2 aromatic rings. The van der Waals surface area contributed by atoms with Crippen LogP contribution >= 0.6 is 0 Å². The second-order valence-corrected chi connectivity index (χ2v) is 6.04. The SMILES string of the molecule is CC(=O)O[C@H]1C[C@H](n2cc(C)c(=O)[nH]c2=O)O[C@@H]1COC(=O)n1ccnc1. The first-order valence-electron chi connectivity index (χ1n) is 8.15. The normalized spacial score (nSPS) is 21.8. The largest absolute Gasteiger partial charge is 0.459 e. The minimum Gasteiger partial charge on any atom is -0.459 e. The highest BCUT2D eigenvalue weighted by atomic mass is 16.6. The van der Waals surface area contributed by atoms with Crippen LogP contribution in [-0.2, 0) is 19.0 Å². The van der Waals surface area contributed by atoms with Crippen molar-refractivity contribution in [3.63, 3.8) is 0 Å². The molecule has 11 nitrogen and oxygen atoms in total. The van der Waals surface area contributed by atoms with E-state index in [1.165, 1.54) is 36.4 Å². The number of nitrogens with one attached hydrogen (secondary N) is 1. The molecule has 3 heterocycles. The molecule has 3 rings (SSSR count). The third-order valence-corrected chi connectivity index (χ3v) is 4.04. The van der Waals surface area contributed by atoms with Crippen LogP contribution in [0.4, 0.5) is 4.79 Å². The van der Waals surface area contributed by atoms with Crippen LogP contribution < -0.4 is 11.2 Å². The number of carbonyl (C=O) groups excluding carboxylic acids is 2. The van der Waals surface area contributed by atoms with Crippen LogP contribution in [0.1, 0.15) is 25.1 Å². The number of imidazole rings is 1. The van der Waals surface area contributed by atoms with Crippen LogP contribution in [0, 0.1) is 6.92 Å². The van der Waals surface area contributed by atoms with E-state index in [9.17, 15) is 19.2 Å². The van der Waals surface area contributed by atoms with Gasteiger partial charge in [-0.1, -0.05) is 0 Å². The molecule has 11 heteroatoms. The van der Waals surface area contributed by atoms with Gasteiger partial charge in [0.1, 0.15) is 31.4 Å². The van der Waals surface area contributed by atoms with Crippen molar-refractivity contribution in [2.75, 3.05) is 6.61 Å².